The number of hydrogen-bond donors (Lipinski definition) is 2. The summed E-state index contributed by atoms with van der Waals surface area (Å²) in [7, 11) is 0. The van der Waals surface area contributed by atoms with Gasteiger partial charge in [-0.15, -0.1) is 11.3 Å². The van der Waals surface area contributed by atoms with Gasteiger partial charge in [0.05, 0.1) is 5.60 Å². The molecule has 0 aliphatic carbocycles. The van der Waals surface area contributed by atoms with E-state index in [0.29, 0.717) is 6.04 Å². The highest BCUT2D eigenvalue weighted by Crippen LogP contribution is 2.31. The lowest BCUT2D eigenvalue weighted by molar-refractivity contribution is 0.0336. The van der Waals surface area contributed by atoms with Crippen LogP contribution in [-0.2, 0) is 5.60 Å². The lowest BCUT2D eigenvalue weighted by atomic mass is 9.87. The van der Waals surface area contributed by atoms with Crippen LogP contribution in [0.2, 0.25) is 0 Å². The Morgan fingerprint density at radius 2 is 2.38 bits per heavy atom. The van der Waals surface area contributed by atoms with Crippen LogP contribution in [-0.4, -0.2) is 17.7 Å². The lowest BCUT2D eigenvalue weighted by Gasteiger charge is -2.31. The van der Waals surface area contributed by atoms with Crippen molar-refractivity contribution in [1.82, 2.24) is 5.32 Å². The maximum atomic E-state index is 10.5. The quantitative estimate of drug-likeness (QED) is 0.850. The summed E-state index contributed by atoms with van der Waals surface area (Å²) in [6.45, 7) is 5.12. The SMILES string of the molecule is Cc1cc(C(C)(O)CC2CCCCN2)cs1. The van der Waals surface area contributed by atoms with Crippen LogP contribution in [0.15, 0.2) is 11.4 Å². The Morgan fingerprint density at radius 1 is 1.56 bits per heavy atom. The highest BCUT2D eigenvalue weighted by Gasteiger charge is 2.28. The number of piperidine rings is 1. The molecule has 2 N–H and O–H groups in total. The Labute approximate surface area is 102 Å². The van der Waals surface area contributed by atoms with Crippen molar-refractivity contribution in [3.8, 4) is 0 Å². The van der Waals surface area contributed by atoms with Crippen LogP contribution < -0.4 is 5.32 Å². The van der Waals surface area contributed by atoms with Crippen LogP contribution in [0, 0.1) is 6.92 Å². The first-order valence-corrected chi connectivity index (χ1v) is 6.97. The number of thiophene rings is 1. The first-order chi connectivity index (χ1) is 7.58. The summed E-state index contributed by atoms with van der Waals surface area (Å²) in [6.07, 6.45) is 4.58. The van der Waals surface area contributed by atoms with Gasteiger partial charge in [0.1, 0.15) is 0 Å². The van der Waals surface area contributed by atoms with Gasteiger partial charge >= 0.3 is 0 Å². The number of aliphatic hydroxyl groups is 1. The van der Waals surface area contributed by atoms with Gasteiger partial charge in [-0.25, -0.2) is 0 Å². The molecule has 16 heavy (non-hydrogen) atoms. The second-order valence-electron chi connectivity index (χ2n) is 5.07. The van der Waals surface area contributed by atoms with Crippen molar-refractivity contribution in [2.24, 2.45) is 0 Å². The van der Waals surface area contributed by atoms with Gasteiger partial charge in [0.2, 0.25) is 0 Å². The average molecular weight is 239 g/mol. The van der Waals surface area contributed by atoms with E-state index in [4.69, 9.17) is 0 Å². The Bertz CT molecular complexity index is 339. The number of hydrogen-bond acceptors (Lipinski definition) is 3. The van der Waals surface area contributed by atoms with Gasteiger partial charge in [-0.3, -0.25) is 0 Å². The molecule has 2 nitrogen and oxygen atoms in total. The Balaban J connectivity index is 2.01. The van der Waals surface area contributed by atoms with Gasteiger partial charge in [-0.05, 0) is 56.7 Å². The standard InChI is InChI=1S/C13H21NOS/c1-10-7-11(9-16-10)13(2,15)8-12-5-3-4-6-14-12/h7,9,12,14-15H,3-6,8H2,1-2H3. The maximum absolute atomic E-state index is 10.5. The van der Waals surface area contributed by atoms with Crippen molar-refractivity contribution in [2.45, 2.75) is 51.2 Å². The van der Waals surface area contributed by atoms with Gasteiger partial charge in [-0.2, -0.15) is 0 Å². The zero-order valence-corrected chi connectivity index (χ0v) is 10.9. The highest BCUT2D eigenvalue weighted by molar-refractivity contribution is 7.10. The fourth-order valence-corrected chi connectivity index (χ4v) is 3.25. The molecule has 0 aromatic carbocycles. The highest BCUT2D eigenvalue weighted by atomic mass is 32.1. The van der Waals surface area contributed by atoms with Crippen LogP contribution in [0.4, 0.5) is 0 Å². The summed E-state index contributed by atoms with van der Waals surface area (Å²) < 4.78 is 0. The minimum Gasteiger partial charge on any atom is -0.385 e. The first kappa shape index (κ1) is 12.1. The van der Waals surface area contributed by atoms with Crippen molar-refractivity contribution in [1.29, 1.82) is 0 Å². The van der Waals surface area contributed by atoms with Crippen molar-refractivity contribution in [3.05, 3.63) is 21.9 Å². The number of nitrogens with one attached hydrogen (secondary N) is 1. The molecule has 0 saturated carbocycles. The molecule has 1 fully saturated rings. The molecule has 1 aliphatic heterocycles. The summed E-state index contributed by atoms with van der Waals surface area (Å²) in [5.74, 6) is 0. The Kier molecular flexibility index (Phi) is 3.67. The number of rotatable bonds is 3. The molecule has 1 aromatic rings. The van der Waals surface area contributed by atoms with Gasteiger partial charge in [0.25, 0.3) is 0 Å². The Hall–Kier alpha value is -0.380. The first-order valence-electron chi connectivity index (χ1n) is 6.09. The summed E-state index contributed by atoms with van der Waals surface area (Å²) in [5.41, 5.74) is 0.391. The van der Waals surface area contributed by atoms with Crippen molar-refractivity contribution in [2.75, 3.05) is 6.54 Å². The Morgan fingerprint density at radius 3 is 2.94 bits per heavy atom. The van der Waals surface area contributed by atoms with Crippen LogP contribution >= 0.6 is 11.3 Å². The smallest absolute Gasteiger partial charge is 0.0891 e. The van der Waals surface area contributed by atoms with E-state index in [9.17, 15) is 5.11 Å². The third-order valence-electron chi connectivity index (χ3n) is 3.41. The molecule has 0 bridgehead atoms. The molecule has 2 atom stereocenters. The molecular weight excluding hydrogens is 218 g/mol. The minimum absolute atomic E-state index is 0.476. The largest absolute Gasteiger partial charge is 0.385 e. The van der Waals surface area contributed by atoms with Crippen molar-refractivity contribution >= 4 is 11.3 Å². The van der Waals surface area contributed by atoms with E-state index in [2.05, 4.69) is 23.7 Å². The zero-order chi connectivity index (χ0) is 11.6. The minimum atomic E-state index is -0.681. The van der Waals surface area contributed by atoms with E-state index < -0.39 is 5.60 Å². The molecule has 3 heteroatoms. The van der Waals surface area contributed by atoms with Crippen LogP contribution in [0.25, 0.3) is 0 Å². The van der Waals surface area contributed by atoms with E-state index in [1.54, 1.807) is 11.3 Å². The van der Waals surface area contributed by atoms with Gasteiger partial charge in [-0.1, -0.05) is 6.42 Å². The van der Waals surface area contributed by atoms with Gasteiger partial charge in [0, 0.05) is 10.9 Å². The molecule has 1 aliphatic rings. The molecule has 0 spiro atoms. The van der Waals surface area contributed by atoms with Crippen molar-refractivity contribution < 1.29 is 5.11 Å². The molecule has 1 aromatic heterocycles. The lowest BCUT2D eigenvalue weighted by Crippen LogP contribution is -2.39. The van der Waals surface area contributed by atoms with Gasteiger partial charge in [0.15, 0.2) is 0 Å². The monoisotopic (exact) mass is 239 g/mol. The second kappa shape index (κ2) is 4.86. The predicted molar refractivity (Wildman–Crippen MR) is 68.9 cm³/mol. The fourth-order valence-electron chi connectivity index (χ4n) is 2.42. The normalized spacial score (nSPS) is 25.3. The summed E-state index contributed by atoms with van der Waals surface area (Å²) in [5, 5.41) is 16.1. The van der Waals surface area contributed by atoms with Crippen LogP contribution in [0.5, 0.6) is 0 Å². The van der Waals surface area contributed by atoms with E-state index in [-0.39, 0.29) is 0 Å². The summed E-state index contributed by atoms with van der Waals surface area (Å²) >= 11 is 1.71. The molecule has 1 saturated heterocycles. The molecule has 0 radical (unpaired) electrons. The molecule has 90 valence electrons. The fraction of sp³-hybridized carbons (Fsp3) is 0.692. The average Bonchev–Trinajstić information content (AvgIpc) is 2.66. The summed E-state index contributed by atoms with van der Waals surface area (Å²) in [4.78, 5) is 1.27. The van der Waals surface area contributed by atoms with Crippen LogP contribution in [0.1, 0.15) is 43.0 Å². The topological polar surface area (TPSA) is 32.3 Å². The molecule has 2 heterocycles. The second-order valence-corrected chi connectivity index (χ2v) is 6.19. The van der Waals surface area contributed by atoms with Crippen LogP contribution in [0.3, 0.4) is 0 Å². The van der Waals surface area contributed by atoms with Crippen molar-refractivity contribution in [3.63, 3.8) is 0 Å². The van der Waals surface area contributed by atoms with E-state index >= 15 is 0 Å². The molecule has 2 unspecified atom stereocenters. The zero-order valence-electron chi connectivity index (χ0n) is 10.1. The number of aryl methyl sites for hydroxylation is 1. The van der Waals surface area contributed by atoms with Gasteiger partial charge < -0.3 is 10.4 Å². The third-order valence-corrected chi connectivity index (χ3v) is 4.27. The molecular formula is C13H21NOS. The van der Waals surface area contributed by atoms with E-state index in [1.807, 2.05) is 6.92 Å². The summed E-state index contributed by atoms with van der Waals surface area (Å²) in [6, 6.07) is 2.58. The molecule has 0 amide bonds. The molecule has 2 rings (SSSR count). The van der Waals surface area contributed by atoms with E-state index in [0.717, 1.165) is 18.5 Å². The predicted octanol–water partition coefficient (Wildman–Crippen LogP) is 2.80. The third kappa shape index (κ3) is 2.84. The van der Waals surface area contributed by atoms with E-state index in [1.165, 1.54) is 24.1 Å². The maximum Gasteiger partial charge on any atom is 0.0891 e.